The number of likely N-dealkylation sites (tertiary alicyclic amines) is 1. The van der Waals surface area contributed by atoms with Crippen LogP contribution in [0.1, 0.15) is 34.6 Å². The van der Waals surface area contributed by atoms with Gasteiger partial charge in [0.2, 0.25) is 0 Å². The number of aryl methyl sites for hydroxylation is 1. The molecule has 4 nitrogen and oxygen atoms in total. The molecule has 1 fully saturated rings. The maximum Gasteiger partial charge on any atom is 0.573 e. The Morgan fingerprint density at radius 3 is 2.45 bits per heavy atom. The van der Waals surface area contributed by atoms with Crippen LogP contribution in [0.2, 0.25) is 0 Å². The molecule has 2 heterocycles. The average Bonchev–Trinajstić information content (AvgIpc) is 2.67. The quantitative estimate of drug-likeness (QED) is 0.697. The molecule has 0 N–H and O–H groups in total. The molecule has 0 bridgehead atoms. The van der Waals surface area contributed by atoms with E-state index in [4.69, 9.17) is 0 Å². The van der Waals surface area contributed by atoms with E-state index in [1.54, 1.807) is 4.90 Å². The first-order chi connectivity index (χ1) is 13.8. The number of nitrogens with zero attached hydrogens (tertiary/aromatic N) is 2. The smallest absolute Gasteiger partial charge is 0.406 e. The number of amides is 1. The Hall–Kier alpha value is -3.27. The minimum Gasteiger partial charge on any atom is -0.406 e. The molecule has 2 aromatic rings. The second kappa shape index (κ2) is 8.82. The highest BCUT2D eigenvalue weighted by Crippen LogP contribution is 2.24. The van der Waals surface area contributed by atoms with Crippen LogP contribution < -0.4 is 4.74 Å². The summed E-state index contributed by atoms with van der Waals surface area (Å²) in [5.74, 6) is 5.46. The summed E-state index contributed by atoms with van der Waals surface area (Å²) in [5, 5.41) is 0. The zero-order valence-corrected chi connectivity index (χ0v) is 15.8. The number of carbonyl (C=O) groups is 1. The molecule has 0 aliphatic carbocycles. The van der Waals surface area contributed by atoms with Crippen LogP contribution in [0.4, 0.5) is 13.2 Å². The summed E-state index contributed by atoms with van der Waals surface area (Å²) < 4.78 is 40.5. The molecule has 1 saturated heterocycles. The molecule has 29 heavy (non-hydrogen) atoms. The van der Waals surface area contributed by atoms with E-state index in [0.717, 1.165) is 23.4 Å². The largest absolute Gasteiger partial charge is 0.573 e. The Bertz CT molecular complexity index is 960. The van der Waals surface area contributed by atoms with Gasteiger partial charge in [-0.1, -0.05) is 17.6 Å². The summed E-state index contributed by atoms with van der Waals surface area (Å²) in [6, 6.07) is 10.6. The second-order valence-electron chi connectivity index (χ2n) is 6.60. The minimum atomic E-state index is -4.75. The van der Waals surface area contributed by atoms with Crippen molar-refractivity contribution in [3.8, 4) is 17.6 Å². The van der Waals surface area contributed by atoms with Crippen LogP contribution in [-0.2, 0) is 0 Å². The summed E-state index contributed by atoms with van der Waals surface area (Å²) in [7, 11) is 0. The standard InChI is InChI=1S/C22H19F3N2O2/c1-16-4-2-6-19(26-16)7-3-5-17-12-14-27(15-13-17)21(28)18-8-10-20(11-9-18)29-22(23,24)25/h2,4-6,8-11H,12-15H2,1H3. The van der Waals surface area contributed by atoms with Crippen LogP contribution in [0.15, 0.2) is 54.1 Å². The van der Waals surface area contributed by atoms with Crippen molar-refractivity contribution in [1.29, 1.82) is 0 Å². The Morgan fingerprint density at radius 2 is 1.83 bits per heavy atom. The third-order valence-electron chi connectivity index (χ3n) is 4.39. The number of carbonyl (C=O) groups excluding carboxylic acids is 1. The summed E-state index contributed by atoms with van der Waals surface area (Å²) in [6.45, 7) is 2.99. The fraction of sp³-hybridized carbons (Fsp3) is 0.273. The van der Waals surface area contributed by atoms with Crippen molar-refractivity contribution in [2.75, 3.05) is 13.1 Å². The molecule has 1 amide bonds. The SMILES string of the molecule is Cc1cccc(C#CC=C2CCN(C(=O)c3ccc(OC(F)(F)F)cc3)CC2)n1. The molecule has 0 radical (unpaired) electrons. The first-order valence-electron chi connectivity index (χ1n) is 9.08. The average molecular weight is 400 g/mol. The third-order valence-corrected chi connectivity index (χ3v) is 4.39. The topological polar surface area (TPSA) is 42.4 Å². The van der Waals surface area contributed by atoms with E-state index >= 15 is 0 Å². The van der Waals surface area contributed by atoms with E-state index < -0.39 is 6.36 Å². The van der Waals surface area contributed by atoms with Crippen LogP contribution in [0.3, 0.4) is 0 Å². The van der Waals surface area contributed by atoms with Gasteiger partial charge in [-0.05, 0) is 68.2 Å². The summed E-state index contributed by atoms with van der Waals surface area (Å²) in [6.07, 6.45) is -1.47. The molecule has 0 spiro atoms. The Balaban J connectivity index is 1.55. The zero-order chi connectivity index (χ0) is 20.9. The second-order valence-corrected chi connectivity index (χ2v) is 6.60. The van der Waals surface area contributed by atoms with Gasteiger partial charge in [0.05, 0.1) is 0 Å². The Labute approximate surface area is 167 Å². The van der Waals surface area contributed by atoms with Gasteiger partial charge in [-0.15, -0.1) is 13.2 Å². The Morgan fingerprint density at radius 1 is 1.14 bits per heavy atom. The fourth-order valence-electron chi connectivity index (χ4n) is 2.95. The van der Waals surface area contributed by atoms with E-state index in [0.29, 0.717) is 37.2 Å². The lowest BCUT2D eigenvalue weighted by Crippen LogP contribution is -2.36. The molecule has 7 heteroatoms. The number of hydrogen-bond acceptors (Lipinski definition) is 3. The van der Waals surface area contributed by atoms with Crippen molar-refractivity contribution >= 4 is 5.91 Å². The van der Waals surface area contributed by atoms with Gasteiger partial charge in [-0.3, -0.25) is 4.79 Å². The maximum absolute atomic E-state index is 12.5. The Kier molecular flexibility index (Phi) is 6.23. The molecule has 1 aromatic heterocycles. The first-order valence-corrected chi connectivity index (χ1v) is 9.08. The van der Waals surface area contributed by atoms with E-state index in [1.165, 1.54) is 12.1 Å². The highest BCUT2D eigenvalue weighted by Gasteiger charge is 2.31. The minimum absolute atomic E-state index is 0.211. The highest BCUT2D eigenvalue weighted by molar-refractivity contribution is 5.94. The number of piperidine rings is 1. The van der Waals surface area contributed by atoms with Crippen molar-refractivity contribution in [2.45, 2.75) is 26.1 Å². The van der Waals surface area contributed by atoms with E-state index in [-0.39, 0.29) is 11.7 Å². The van der Waals surface area contributed by atoms with Crippen LogP contribution in [0.5, 0.6) is 5.75 Å². The summed E-state index contributed by atoms with van der Waals surface area (Å²) >= 11 is 0. The highest BCUT2D eigenvalue weighted by atomic mass is 19.4. The number of pyridine rings is 1. The van der Waals surface area contributed by atoms with Crippen LogP contribution in [-0.4, -0.2) is 35.2 Å². The van der Waals surface area contributed by atoms with Gasteiger partial charge in [-0.25, -0.2) is 4.98 Å². The predicted octanol–water partition coefficient (Wildman–Crippen LogP) is 4.50. The van der Waals surface area contributed by atoms with Gasteiger partial charge in [0.25, 0.3) is 5.91 Å². The molecular formula is C22H19F3N2O2. The number of alkyl halides is 3. The molecule has 0 unspecified atom stereocenters. The number of benzene rings is 1. The van der Waals surface area contributed by atoms with Gasteiger partial charge < -0.3 is 9.64 Å². The summed E-state index contributed by atoms with van der Waals surface area (Å²) in [5.41, 5.74) is 3.11. The van der Waals surface area contributed by atoms with E-state index in [9.17, 15) is 18.0 Å². The first kappa shape index (κ1) is 20.5. The predicted molar refractivity (Wildman–Crippen MR) is 102 cm³/mol. The molecule has 1 aromatic carbocycles. The number of ether oxygens (including phenoxy) is 1. The lowest BCUT2D eigenvalue weighted by atomic mass is 10.0. The lowest BCUT2D eigenvalue weighted by molar-refractivity contribution is -0.274. The molecule has 0 saturated carbocycles. The number of halogens is 3. The van der Waals surface area contributed by atoms with E-state index in [2.05, 4.69) is 21.6 Å². The van der Waals surface area contributed by atoms with Gasteiger partial charge in [0.1, 0.15) is 11.4 Å². The van der Waals surface area contributed by atoms with Crippen LogP contribution >= 0.6 is 0 Å². The number of rotatable bonds is 2. The third kappa shape index (κ3) is 6.11. The fourth-order valence-corrected chi connectivity index (χ4v) is 2.95. The van der Waals surface area contributed by atoms with Crippen molar-refractivity contribution in [3.63, 3.8) is 0 Å². The lowest BCUT2D eigenvalue weighted by Gasteiger charge is -2.28. The molecule has 1 aliphatic heterocycles. The molecule has 0 atom stereocenters. The van der Waals surface area contributed by atoms with Gasteiger partial charge in [0.15, 0.2) is 0 Å². The molecular weight excluding hydrogens is 381 g/mol. The van der Waals surface area contributed by atoms with Crippen molar-refractivity contribution in [3.05, 3.63) is 71.1 Å². The zero-order valence-electron chi connectivity index (χ0n) is 15.8. The molecule has 3 rings (SSSR count). The number of hydrogen-bond donors (Lipinski definition) is 0. The van der Waals surface area contributed by atoms with Crippen LogP contribution in [0, 0.1) is 18.8 Å². The number of allylic oxidation sites excluding steroid dienone is 1. The monoisotopic (exact) mass is 400 g/mol. The van der Waals surface area contributed by atoms with Crippen molar-refractivity contribution in [1.82, 2.24) is 9.88 Å². The molecule has 150 valence electrons. The van der Waals surface area contributed by atoms with Gasteiger partial charge >= 0.3 is 6.36 Å². The normalized spacial score (nSPS) is 14.1. The van der Waals surface area contributed by atoms with Crippen LogP contribution in [0.25, 0.3) is 0 Å². The van der Waals surface area contributed by atoms with Gasteiger partial charge in [0, 0.05) is 24.3 Å². The van der Waals surface area contributed by atoms with Crippen molar-refractivity contribution in [2.24, 2.45) is 0 Å². The van der Waals surface area contributed by atoms with E-state index in [1.807, 2.05) is 31.2 Å². The number of aromatic nitrogens is 1. The summed E-state index contributed by atoms with van der Waals surface area (Å²) in [4.78, 5) is 18.6. The molecule has 1 aliphatic rings. The van der Waals surface area contributed by atoms with Gasteiger partial charge in [-0.2, -0.15) is 0 Å². The van der Waals surface area contributed by atoms with Crippen molar-refractivity contribution < 1.29 is 22.7 Å². The maximum atomic E-state index is 12.5.